The minimum atomic E-state index is -2.61. The topological polar surface area (TPSA) is 60.5 Å². The van der Waals surface area contributed by atoms with Gasteiger partial charge in [0.2, 0.25) is 0 Å². The van der Waals surface area contributed by atoms with Crippen molar-refractivity contribution in [1.29, 1.82) is 0 Å². The second-order valence-electron chi connectivity index (χ2n) is 11.8. The third-order valence-electron chi connectivity index (χ3n) is 8.59. The lowest BCUT2D eigenvalue weighted by Gasteiger charge is -2.35. The molecule has 2 saturated heterocycles. The molecule has 2 aromatic rings. The van der Waals surface area contributed by atoms with Crippen molar-refractivity contribution in [3.8, 4) is 0 Å². The molecule has 0 radical (unpaired) electrons. The van der Waals surface area contributed by atoms with Crippen molar-refractivity contribution < 1.29 is 13.6 Å². The molecule has 1 amide bonds. The average Bonchev–Trinajstić information content (AvgIpc) is 3.83. The van der Waals surface area contributed by atoms with Crippen LogP contribution in [0.15, 0.2) is 30.3 Å². The molecule has 3 heterocycles. The number of halogens is 2. The molecule has 204 valence electrons. The number of alkyl halides is 2. The maximum absolute atomic E-state index is 13.7. The number of rotatable bonds is 8. The van der Waals surface area contributed by atoms with E-state index >= 15 is 0 Å². The van der Waals surface area contributed by atoms with E-state index in [1.807, 2.05) is 36.1 Å². The first-order valence-corrected chi connectivity index (χ1v) is 15.0. The van der Waals surface area contributed by atoms with Crippen molar-refractivity contribution in [3.63, 3.8) is 0 Å². The Kier molecular flexibility index (Phi) is 6.91. The van der Waals surface area contributed by atoms with Crippen molar-refractivity contribution in [3.05, 3.63) is 41.5 Å². The van der Waals surface area contributed by atoms with Gasteiger partial charge in [-0.15, -0.1) is 0 Å². The minimum Gasteiger partial charge on any atom is -0.371 e. The average molecular weight is 542 g/mol. The molecule has 4 aliphatic rings. The summed E-state index contributed by atoms with van der Waals surface area (Å²) in [5.74, 6) is 0.221. The Morgan fingerprint density at radius 3 is 2.39 bits per heavy atom. The molecule has 9 heteroatoms. The van der Waals surface area contributed by atoms with Gasteiger partial charge in [-0.3, -0.25) is 4.79 Å². The molecular formula is C29H37F2N5OS. The highest BCUT2D eigenvalue weighted by Gasteiger charge is 2.44. The summed E-state index contributed by atoms with van der Waals surface area (Å²) in [6.07, 6.45) is 7.34. The normalized spacial score (nSPS) is 21.9. The van der Waals surface area contributed by atoms with E-state index in [1.54, 1.807) is 11.9 Å². The standard InChI is InChI=1S/C29H37F2N5OS/c1-20-16-25(32-26(17-20)36-14-10-29(30,31)11-15-36)33-27(37)23-5-4-22(34-38-19-21-2-3-21)18-24(23)35-12-8-28(6-7-28)9-13-35/h4-5,16-18,21,34H,2-3,6-15,19H2,1H3,(H,32,33,37). The largest absolute Gasteiger partial charge is 0.371 e. The number of nitrogens with one attached hydrogen (secondary N) is 2. The minimum absolute atomic E-state index is 0.176. The van der Waals surface area contributed by atoms with Crippen molar-refractivity contribution in [2.45, 2.75) is 64.2 Å². The van der Waals surface area contributed by atoms with Crippen LogP contribution in [0.25, 0.3) is 0 Å². The van der Waals surface area contributed by atoms with Crippen molar-refractivity contribution in [2.75, 3.05) is 51.8 Å². The molecule has 38 heavy (non-hydrogen) atoms. The zero-order valence-corrected chi connectivity index (χ0v) is 22.9. The number of aromatic nitrogens is 1. The third-order valence-corrected chi connectivity index (χ3v) is 9.61. The van der Waals surface area contributed by atoms with E-state index in [9.17, 15) is 13.6 Å². The molecule has 1 aromatic heterocycles. The van der Waals surface area contributed by atoms with Gasteiger partial charge in [0.05, 0.1) is 11.3 Å². The predicted octanol–water partition coefficient (Wildman–Crippen LogP) is 6.73. The lowest BCUT2D eigenvalue weighted by molar-refractivity contribution is -0.0221. The number of pyridine rings is 1. The van der Waals surface area contributed by atoms with E-state index in [0.29, 0.717) is 22.6 Å². The van der Waals surface area contributed by atoms with Crippen LogP contribution in [0, 0.1) is 18.3 Å². The van der Waals surface area contributed by atoms with E-state index in [2.05, 4.69) is 26.0 Å². The molecular weight excluding hydrogens is 504 g/mol. The van der Waals surface area contributed by atoms with Gasteiger partial charge in [0, 0.05) is 50.5 Å². The molecule has 2 aliphatic carbocycles. The number of benzene rings is 1. The summed E-state index contributed by atoms with van der Waals surface area (Å²) in [7, 11) is 0. The van der Waals surface area contributed by atoms with Gasteiger partial charge in [0.1, 0.15) is 11.6 Å². The van der Waals surface area contributed by atoms with Crippen LogP contribution >= 0.6 is 11.9 Å². The fraction of sp³-hybridized carbons (Fsp3) is 0.586. The highest BCUT2D eigenvalue weighted by atomic mass is 32.2. The summed E-state index contributed by atoms with van der Waals surface area (Å²) in [5.41, 5.74) is 4.10. The molecule has 0 atom stereocenters. The fourth-order valence-corrected chi connectivity index (χ4v) is 6.54. The number of amides is 1. The van der Waals surface area contributed by atoms with Gasteiger partial charge in [-0.05, 0) is 92.7 Å². The number of aryl methyl sites for hydroxylation is 1. The van der Waals surface area contributed by atoms with Crippen molar-refractivity contribution >= 4 is 40.9 Å². The Morgan fingerprint density at radius 1 is 1.00 bits per heavy atom. The van der Waals surface area contributed by atoms with Gasteiger partial charge in [-0.2, -0.15) is 0 Å². The van der Waals surface area contributed by atoms with Crippen molar-refractivity contribution in [1.82, 2.24) is 4.98 Å². The van der Waals surface area contributed by atoms with Gasteiger partial charge in [-0.25, -0.2) is 13.8 Å². The Bertz CT molecular complexity index is 1180. The number of piperidine rings is 2. The molecule has 2 saturated carbocycles. The molecule has 2 aliphatic heterocycles. The second kappa shape index (κ2) is 10.2. The van der Waals surface area contributed by atoms with E-state index in [4.69, 9.17) is 0 Å². The second-order valence-corrected chi connectivity index (χ2v) is 12.6. The van der Waals surface area contributed by atoms with Crippen molar-refractivity contribution in [2.24, 2.45) is 11.3 Å². The lowest BCUT2D eigenvalue weighted by atomic mass is 9.93. The number of nitrogens with zero attached hydrogens (tertiary/aromatic N) is 3. The highest BCUT2D eigenvalue weighted by molar-refractivity contribution is 8.00. The summed E-state index contributed by atoms with van der Waals surface area (Å²) < 4.78 is 30.8. The van der Waals surface area contributed by atoms with Gasteiger partial charge < -0.3 is 19.8 Å². The number of anilines is 4. The lowest BCUT2D eigenvalue weighted by Crippen LogP contribution is -2.39. The maximum Gasteiger partial charge on any atom is 0.258 e. The quantitative estimate of drug-likeness (QED) is 0.362. The number of carbonyl (C=O) groups excluding carboxylic acids is 1. The van der Waals surface area contributed by atoms with E-state index < -0.39 is 5.92 Å². The molecule has 0 unspecified atom stereocenters. The molecule has 2 N–H and O–H groups in total. The third kappa shape index (κ3) is 6.03. The SMILES string of the molecule is Cc1cc(NC(=O)c2ccc(NSCC3CC3)cc2N2CCC3(CC2)CC3)nc(N2CCC(F)(F)CC2)c1. The van der Waals surface area contributed by atoms with E-state index in [-0.39, 0.29) is 31.8 Å². The Hall–Kier alpha value is -2.55. The zero-order chi connectivity index (χ0) is 26.3. The molecule has 1 spiro atoms. The Morgan fingerprint density at radius 2 is 1.71 bits per heavy atom. The summed E-state index contributed by atoms with van der Waals surface area (Å²) in [4.78, 5) is 22.5. The van der Waals surface area contributed by atoms with Crippen LogP contribution in [-0.4, -0.2) is 48.7 Å². The van der Waals surface area contributed by atoms with E-state index in [0.717, 1.165) is 41.7 Å². The first-order chi connectivity index (χ1) is 18.3. The van der Waals surface area contributed by atoms with Crippen LogP contribution in [0.5, 0.6) is 0 Å². The molecule has 4 fully saturated rings. The van der Waals surface area contributed by atoms with Crippen LogP contribution in [-0.2, 0) is 0 Å². The van der Waals surface area contributed by atoms with E-state index in [1.165, 1.54) is 38.5 Å². The number of hydrogen-bond donors (Lipinski definition) is 2. The Labute approximate surface area is 228 Å². The van der Waals surface area contributed by atoms with Crippen LogP contribution in [0.3, 0.4) is 0 Å². The van der Waals surface area contributed by atoms with Gasteiger partial charge >= 0.3 is 0 Å². The molecule has 0 bridgehead atoms. The van der Waals surface area contributed by atoms with Crippen LogP contribution in [0.2, 0.25) is 0 Å². The molecule has 6 nitrogen and oxygen atoms in total. The zero-order valence-electron chi connectivity index (χ0n) is 22.1. The van der Waals surface area contributed by atoms with Gasteiger partial charge in [-0.1, -0.05) is 11.9 Å². The first kappa shape index (κ1) is 25.7. The van der Waals surface area contributed by atoms with Gasteiger partial charge in [0.25, 0.3) is 11.8 Å². The summed E-state index contributed by atoms with van der Waals surface area (Å²) >= 11 is 1.74. The summed E-state index contributed by atoms with van der Waals surface area (Å²) in [6, 6.07) is 9.74. The van der Waals surface area contributed by atoms with Crippen LogP contribution in [0.4, 0.5) is 31.8 Å². The predicted molar refractivity (Wildman–Crippen MR) is 152 cm³/mol. The fourth-order valence-electron chi connectivity index (χ4n) is 5.60. The maximum atomic E-state index is 13.7. The number of carbonyl (C=O) groups is 1. The smallest absolute Gasteiger partial charge is 0.258 e. The van der Waals surface area contributed by atoms with Crippen LogP contribution < -0.4 is 19.8 Å². The van der Waals surface area contributed by atoms with Crippen LogP contribution in [0.1, 0.15) is 67.3 Å². The summed E-state index contributed by atoms with van der Waals surface area (Å²) in [5, 5.41) is 3.01. The first-order valence-electron chi connectivity index (χ1n) is 14.0. The van der Waals surface area contributed by atoms with Gasteiger partial charge in [0.15, 0.2) is 0 Å². The Balaban J connectivity index is 1.20. The summed E-state index contributed by atoms with van der Waals surface area (Å²) in [6.45, 7) is 4.37. The monoisotopic (exact) mass is 541 g/mol. The molecule has 1 aromatic carbocycles. The number of hydrogen-bond acceptors (Lipinski definition) is 6. The highest BCUT2D eigenvalue weighted by Crippen LogP contribution is 2.54. The molecule has 6 rings (SSSR count).